The van der Waals surface area contributed by atoms with Gasteiger partial charge in [0.2, 0.25) is 0 Å². The number of carbonyl (C=O) groups is 1. The lowest BCUT2D eigenvalue weighted by atomic mass is 10.1. The molecule has 0 unspecified atom stereocenters. The number of nitrogens with zero attached hydrogens (tertiary/aromatic N) is 1. The van der Waals surface area contributed by atoms with Crippen LogP contribution in [0.4, 0.5) is 5.69 Å². The van der Waals surface area contributed by atoms with Gasteiger partial charge in [0.1, 0.15) is 0 Å². The zero-order valence-electron chi connectivity index (χ0n) is 9.93. The zero-order valence-corrected chi connectivity index (χ0v) is 9.93. The number of rotatable bonds is 4. The minimum atomic E-state index is 0.180. The molecule has 0 bridgehead atoms. The molecule has 1 amide bonds. The number of nitrogen functional groups attached to an aromatic ring is 1. The number of hydrogen-bond donors (Lipinski definition) is 1. The van der Waals surface area contributed by atoms with E-state index in [1.807, 2.05) is 12.1 Å². The van der Waals surface area contributed by atoms with Crippen LogP contribution in [0.3, 0.4) is 0 Å². The van der Waals surface area contributed by atoms with E-state index in [1.54, 1.807) is 12.1 Å². The van der Waals surface area contributed by atoms with Crippen molar-refractivity contribution >= 4 is 11.6 Å². The molecular formula is C14H18N2O. The van der Waals surface area contributed by atoms with Gasteiger partial charge in [-0.1, -0.05) is 0 Å². The van der Waals surface area contributed by atoms with Crippen LogP contribution in [-0.2, 0) is 0 Å². The Balaban J connectivity index is 1.75. The van der Waals surface area contributed by atoms with E-state index in [0.717, 1.165) is 18.0 Å². The molecule has 2 aliphatic rings. The van der Waals surface area contributed by atoms with Crippen LogP contribution in [0.1, 0.15) is 36.0 Å². The van der Waals surface area contributed by atoms with Gasteiger partial charge in [-0.25, -0.2) is 0 Å². The maximum Gasteiger partial charge on any atom is 0.254 e. The molecule has 0 atom stereocenters. The highest BCUT2D eigenvalue weighted by atomic mass is 16.2. The molecule has 3 nitrogen and oxygen atoms in total. The molecule has 2 saturated carbocycles. The van der Waals surface area contributed by atoms with Gasteiger partial charge in [-0.05, 0) is 55.9 Å². The van der Waals surface area contributed by atoms with Crippen molar-refractivity contribution in [2.45, 2.75) is 31.7 Å². The Morgan fingerprint density at radius 2 is 1.82 bits per heavy atom. The minimum absolute atomic E-state index is 0.180. The molecule has 2 aliphatic carbocycles. The first-order valence-corrected chi connectivity index (χ1v) is 6.40. The van der Waals surface area contributed by atoms with Crippen LogP contribution in [0.2, 0.25) is 0 Å². The molecule has 3 heteroatoms. The molecule has 90 valence electrons. The molecule has 2 fully saturated rings. The monoisotopic (exact) mass is 230 g/mol. The Morgan fingerprint density at radius 3 is 2.35 bits per heavy atom. The largest absolute Gasteiger partial charge is 0.399 e. The van der Waals surface area contributed by atoms with Crippen LogP contribution in [0.15, 0.2) is 24.3 Å². The van der Waals surface area contributed by atoms with Crippen LogP contribution < -0.4 is 5.73 Å². The first-order chi connectivity index (χ1) is 8.24. The van der Waals surface area contributed by atoms with Crippen LogP contribution in [0, 0.1) is 5.92 Å². The Bertz CT molecular complexity index is 418. The SMILES string of the molecule is Nc1ccc(C(=O)N(CC2CC2)C2CC2)cc1. The number of hydrogen-bond acceptors (Lipinski definition) is 2. The lowest BCUT2D eigenvalue weighted by Crippen LogP contribution is -2.34. The summed E-state index contributed by atoms with van der Waals surface area (Å²) in [5.74, 6) is 0.938. The van der Waals surface area contributed by atoms with Crippen LogP contribution >= 0.6 is 0 Å². The highest BCUT2D eigenvalue weighted by Gasteiger charge is 2.36. The molecule has 3 rings (SSSR count). The highest BCUT2D eigenvalue weighted by Crippen LogP contribution is 2.35. The van der Waals surface area contributed by atoms with Crippen molar-refractivity contribution in [1.29, 1.82) is 0 Å². The molecule has 2 N–H and O–H groups in total. The van der Waals surface area contributed by atoms with Gasteiger partial charge in [0.15, 0.2) is 0 Å². The number of carbonyl (C=O) groups excluding carboxylic acids is 1. The highest BCUT2D eigenvalue weighted by molar-refractivity contribution is 5.95. The third kappa shape index (κ3) is 2.43. The van der Waals surface area contributed by atoms with Gasteiger partial charge in [-0.2, -0.15) is 0 Å². The molecule has 1 aromatic rings. The molecule has 0 aliphatic heterocycles. The Kier molecular flexibility index (Phi) is 2.54. The molecule has 0 saturated heterocycles. The molecule has 0 radical (unpaired) electrons. The summed E-state index contributed by atoms with van der Waals surface area (Å²) in [5.41, 5.74) is 7.12. The smallest absolute Gasteiger partial charge is 0.254 e. The van der Waals surface area contributed by atoms with E-state index in [0.29, 0.717) is 11.7 Å². The summed E-state index contributed by atoms with van der Waals surface area (Å²) in [6, 6.07) is 7.77. The predicted octanol–water partition coefficient (Wildman–Crippen LogP) is 2.28. The predicted molar refractivity (Wildman–Crippen MR) is 67.6 cm³/mol. The summed E-state index contributed by atoms with van der Waals surface area (Å²) in [5, 5.41) is 0. The molecular weight excluding hydrogens is 212 g/mol. The third-order valence-electron chi connectivity index (χ3n) is 3.56. The molecule has 0 heterocycles. The van der Waals surface area contributed by atoms with E-state index in [1.165, 1.54) is 25.7 Å². The zero-order chi connectivity index (χ0) is 11.8. The van der Waals surface area contributed by atoms with Gasteiger partial charge in [-0.3, -0.25) is 4.79 Å². The van der Waals surface area contributed by atoms with Gasteiger partial charge >= 0.3 is 0 Å². The topological polar surface area (TPSA) is 46.3 Å². The average molecular weight is 230 g/mol. The fourth-order valence-electron chi connectivity index (χ4n) is 2.15. The van der Waals surface area contributed by atoms with Crippen molar-refractivity contribution in [1.82, 2.24) is 4.90 Å². The second kappa shape index (κ2) is 4.06. The molecule has 17 heavy (non-hydrogen) atoms. The maximum absolute atomic E-state index is 12.4. The first-order valence-electron chi connectivity index (χ1n) is 6.40. The fraction of sp³-hybridized carbons (Fsp3) is 0.500. The molecule has 0 aromatic heterocycles. The van der Waals surface area contributed by atoms with E-state index in [4.69, 9.17) is 5.73 Å². The quantitative estimate of drug-likeness (QED) is 0.807. The van der Waals surface area contributed by atoms with Crippen LogP contribution in [0.5, 0.6) is 0 Å². The molecule has 0 spiro atoms. The summed E-state index contributed by atoms with van der Waals surface area (Å²) >= 11 is 0. The van der Waals surface area contributed by atoms with Gasteiger partial charge in [0, 0.05) is 23.8 Å². The number of benzene rings is 1. The number of nitrogens with two attached hydrogens (primary N) is 1. The Labute approximate surface area is 102 Å². The van der Waals surface area contributed by atoms with Crippen molar-refractivity contribution in [3.63, 3.8) is 0 Å². The van der Waals surface area contributed by atoms with Crippen molar-refractivity contribution in [3.05, 3.63) is 29.8 Å². The summed E-state index contributed by atoms with van der Waals surface area (Å²) < 4.78 is 0. The van der Waals surface area contributed by atoms with Crippen molar-refractivity contribution in [3.8, 4) is 0 Å². The summed E-state index contributed by atoms with van der Waals surface area (Å²) in [7, 11) is 0. The van der Waals surface area contributed by atoms with Crippen molar-refractivity contribution in [2.75, 3.05) is 12.3 Å². The Hall–Kier alpha value is -1.51. The van der Waals surface area contributed by atoms with E-state index < -0.39 is 0 Å². The molecule has 1 aromatic carbocycles. The second-order valence-corrected chi connectivity index (χ2v) is 5.25. The number of amides is 1. The van der Waals surface area contributed by atoms with Gasteiger partial charge in [0.05, 0.1) is 0 Å². The second-order valence-electron chi connectivity index (χ2n) is 5.25. The summed E-state index contributed by atoms with van der Waals surface area (Å²) in [4.78, 5) is 14.5. The van der Waals surface area contributed by atoms with Crippen LogP contribution in [0.25, 0.3) is 0 Å². The van der Waals surface area contributed by atoms with E-state index >= 15 is 0 Å². The summed E-state index contributed by atoms with van der Waals surface area (Å²) in [6.07, 6.45) is 4.93. The van der Waals surface area contributed by atoms with Gasteiger partial charge in [-0.15, -0.1) is 0 Å². The lowest BCUT2D eigenvalue weighted by molar-refractivity contribution is 0.0735. The van der Waals surface area contributed by atoms with Crippen molar-refractivity contribution < 1.29 is 4.79 Å². The number of anilines is 1. The fourth-order valence-corrected chi connectivity index (χ4v) is 2.15. The van der Waals surface area contributed by atoms with E-state index in [2.05, 4.69) is 4.90 Å². The normalized spacial score (nSPS) is 19.1. The average Bonchev–Trinajstić information content (AvgIpc) is 3.18. The maximum atomic E-state index is 12.4. The van der Waals surface area contributed by atoms with Crippen LogP contribution in [-0.4, -0.2) is 23.4 Å². The van der Waals surface area contributed by atoms with Gasteiger partial charge in [0.25, 0.3) is 5.91 Å². The minimum Gasteiger partial charge on any atom is -0.399 e. The van der Waals surface area contributed by atoms with Crippen molar-refractivity contribution in [2.24, 2.45) is 5.92 Å². The van der Waals surface area contributed by atoms with Gasteiger partial charge < -0.3 is 10.6 Å². The third-order valence-corrected chi connectivity index (χ3v) is 3.56. The van der Waals surface area contributed by atoms with E-state index in [9.17, 15) is 4.79 Å². The standard InChI is InChI=1S/C14H18N2O/c15-12-5-3-11(4-6-12)14(17)16(13-7-8-13)9-10-1-2-10/h3-6,10,13H,1-2,7-9,15H2. The Morgan fingerprint density at radius 1 is 1.18 bits per heavy atom. The van der Waals surface area contributed by atoms with E-state index in [-0.39, 0.29) is 5.91 Å². The lowest BCUT2D eigenvalue weighted by Gasteiger charge is -2.22. The first kappa shape index (κ1) is 10.6. The summed E-state index contributed by atoms with van der Waals surface area (Å²) in [6.45, 7) is 0.952.